The van der Waals surface area contributed by atoms with Crippen molar-refractivity contribution in [3.05, 3.63) is 146 Å². The van der Waals surface area contributed by atoms with Crippen molar-refractivity contribution in [1.29, 1.82) is 0 Å². The van der Waals surface area contributed by atoms with E-state index < -0.39 is 9.84 Å². The molecule has 0 spiro atoms. The minimum atomic E-state index is -3.59. The van der Waals surface area contributed by atoms with Crippen LogP contribution in [0.1, 0.15) is 0 Å². The molecule has 218 valence electrons. The number of furan rings is 1. The van der Waals surface area contributed by atoms with Crippen molar-refractivity contribution in [3.63, 3.8) is 0 Å². The maximum absolute atomic E-state index is 13.4. The lowest BCUT2D eigenvalue weighted by Gasteiger charge is -2.09. The fourth-order valence-corrected chi connectivity index (χ4v) is 8.11. The first-order valence-electron chi connectivity index (χ1n) is 15.0. The van der Waals surface area contributed by atoms with E-state index in [0.29, 0.717) is 26.9 Å². The predicted molar refractivity (Wildman–Crippen MR) is 182 cm³/mol. The molecule has 6 aromatic carbocycles. The van der Waals surface area contributed by atoms with Crippen LogP contribution in [0.25, 0.3) is 78.1 Å². The molecule has 1 aliphatic rings. The van der Waals surface area contributed by atoms with Gasteiger partial charge in [-0.05, 0) is 52.6 Å². The molecule has 46 heavy (non-hydrogen) atoms. The van der Waals surface area contributed by atoms with Crippen LogP contribution < -0.4 is 0 Å². The summed E-state index contributed by atoms with van der Waals surface area (Å²) in [6.45, 7) is 0. The van der Waals surface area contributed by atoms with Crippen LogP contribution in [-0.2, 0) is 9.84 Å². The number of rotatable bonds is 4. The van der Waals surface area contributed by atoms with E-state index in [1.54, 1.807) is 18.2 Å². The molecule has 0 unspecified atom stereocenters. The molecule has 0 saturated heterocycles. The van der Waals surface area contributed by atoms with Gasteiger partial charge in [0.25, 0.3) is 0 Å². The zero-order chi connectivity index (χ0) is 30.8. The molecule has 0 radical (unpaired) electrons. The molecular weight excluding hydrogens is 589 g/mol. The van der Waals surface area contributed by atoms with E-state index in [4.69, 9.17) is 14.4 Å². The monoisotopic (exact) mass is 612 g/mol. The van der Waals surface area contributed by atoms with Gasteiger partial charge in [0.2, 0.25) is 9.84 Å². The van der Waals surface area contributed by atoms with Crippen molar-refractivity contribution in [2.24, 2.45) is 0 Å². The fourth-order valence-electron chi connectivity index (χ4n) is 6.40. The van der Waals surface area contributed by atoms with Crippen molar-refractivity contribution < 1.29 is 12.8 Å². The molecule has 8 aromatic rings. The third-order valence-electron chi connectivity index (χ3n) is 8.66. The second-order valence-electron chi connectivity index (χ2n) is 11.4. The van der Waals surface area contributed by atoms with E-state index >= 15 is 0 Å². The topological polar surface area (TPSA) is 73.1 Å². The van der Waals surface area contributed by atoms with Gasteiger partial charge in [-0.1, -0.05) is 115 Å². The van der Waals surface area contributed by atoms with Crippen molar-refractivity contribution >= 4 is 31.9 Å². The van der Waals surface area contributed by atoms with E-state index in [9.17, 15) is 8.42 Å². The summed E-state index contributed by atoms with van der Waals surface area (Å²) in [5.41, 5.74) is 9.93. The van der Waals surface area contributed by atoms with Crippen LogP contribution in [0.2, 0.25) is 0 Å². The largest absolute Gasteiger partial charge is 0.452 e. The molecule has 1 aliphatic heterocycles. The average Bonchev–Trinajstić information content (AvgIpc) is 3.60. The first kappa shape index (κ1) is 26.5. The number of fused-ring (bicyclic) bond motifs is 6. The van der Waals surface area contributed by atoms with Gasteiger partial charge in [-0.25, -0.2) is 18.4 Å². The Balaban J connectivity index is 1.22. The molecule has 0 bridgehead atoms. The summed E-state index contributed by atoms with van der Waals surface area (Å²) >= 11 is 0. The summed E-state index contributed by atoms with van der Waals surface area (Å²) in [4.78, 5) is 10.8. The number of nitrogens with zero attached hydrogens (tertiary/aromatic N) is 2. The number of hydrogen-bond acceptors (Lipinski definition) is 5. The van der Waals surface area contributed by atoms with Crippen LogP contribution in [0.5, 0.6) is 0 Å². The molecule has 9 rings (SSSR count). The fraction of sp³-hybridized carbons (Fsp3) is 0. The van der Waals surface area contributed by atoms with Crippen LogP contribution in [0.4, 0.5) is 0 Å². The van der Waals surface area contributed by atoms with E-state index in [2.05, 4.69) is 24.3 Å². The second kappa shape index (κ2) is 10.1. The molecule has 0 aliphatic carbocycles. The standard InChI is InChI=1S/C40H24N2O3S/c43-46(44)35-17-8-7-16-31(35)32-20-18-29(24-36(32)46)27-14-9-15-30(22-27)40-41-37(26-12-5-2-6-13-26)39-38(42-40)33-23-28(19-21-34(33)45-39)25-10-3-1-4-11-25/h1-24H. The minimum Gasteiger partial charge on any atom is -0.452 e. The van der Waals surface area contributed by atoms with Gasteiger partial charge in [0, 0.05) is 27.6 Å². The normalized spacial score (nSPS) is 13.1. The Hall–Kier alpha value is -5.85. The molecule has 5 nitrogen and oxygen atoms in total. The number of hydrogen-bond donors (Lipinski definition) is 0. The highest BCUT2D eigenvalue weighted by molar-refractivity contribution is 7.92. The van der Waals surface area contributed by atoms with Crippen LogP contribution in [0.15, 0.2) is 160 Å². The van der Waals surface area contributed by atoms with E-state index in [1.807, 2.05) is 103 Å². The van der Waals surface area contributed by atoms with Crippen LogP contribution >= 0.6 is 0 Å². The van der Waals surface area contributed by atoms with Gasteiger partial charge in [-0.2, -0.15) is 0 Å². The highest BCUT2D eigenvalue weighted by atomic mass is 32.2. The molecule has 0 fully saturated rings. The van der Waals surface area contributed by atoms with E-state index in [-0.39, 0.29) is 0 Å². The summed E-state index contributed by atoms with van der Waals surface area (Å²) in [7, 11) is -3.59. The molecule has 6 heteroatoms. The predicted octanol–water partition coefficient (Wildman–Crippen LogP) is 9.86. The summed E-state index contributed by atoms with van der Waals surface area (Å²) in [5.74, 6) is 0.558. The quantitative estimate of drug-likeness (QED) is 0.198. The molecule has 0 saturated carbocycles. The van der Waals surface area contributed by atoms with E-state index in [1.165, 1.54) is 0 Å². The maximum Gasteiger partial charge on any atom is 0.207 e. The van der Waals surface area contributed by atoms with Crippen LogP contribution in [0, 0.1) is 0 Å². The zero-order valence-corrected chi connectivity index (χ0v) is 25.2. The molecular formula is C40H24N2O3S. The molecule has 0 amide bonds. The third kappa shape index (κ3) is 4.11. The SMILES string of the molecule is O=S1(=O)c2ccccc2-c2ccc(-c3cccc(-c4nc(-c5ccccc5)c5oc6ccc(-c7ccccc7)cc6c5n4)c3)cc21. The molecule has 0 N–H and O–H groups in total. The Morgan fingerprint density at radius 2 is 1.11 bits per heavy atom. The molecule has 2 aromatic heterocycles. The van der Waals surface area contributed by atoms with Gasteiger partial charge in [0.1, 0.15) is 16.8 Å². The van der Waals surface area contributed by atoms with Gasteiger partial charge in [-0.15, -0.1) is 0 Å². The lowest BCUT2D eigenvalue weighted by molar-refractivity contribution is 0.598. The Morgan fingerprint density at radius 3 is 1.93 bits per heavy atom. The first-order valence-corrected chi connectivity index (χ1v) is 16.5. The Morgan fingerprint density at radius 1 is 0.478 bits per heavy atom. The molecule has 3 heterocycles. The maximum atomic E-state index is 13.4. The van der Waals surface area contributed by atoms with Crippen molar-refractivity contribution in [1.82, 2.24) is 9.97 Å². The summed E-state index contributed by atoms with van der Waals surface area (Å²) in [5, 5.41) is 0.914. The van der Waals surface area contributed by atoms with Crippen LogP contribution in [0.3, 0.4) is 0 Å². The van der Waals surface area contributed by atoms with Crippen molar-refractivity contribution in [2.45, 2.75) is 9.79 Å². The Kier molecular flexibility index (Phi) is 5.82. The van der Waals surface area contributed by atoms with Gasteiger partial charge >= 0.3 is 0 Å². The van der Waals surface area contributed by atoms with Gasteiger partial charge < -0.3 is 4.42 Å². The number of benzene rings is 6. The van der Waals surface area contributed by atoms with Crippen molar-refractivity contribution in [3.8, 4) is 56.0 Å². The van der Waals surface area contributed by atoms with Gasteiger partial charge in [-0.3, -0.25) is 0 Å². The minimum absolute atomic E-state index is 0.333. The highest BCUT2D eigenvalue weighted by Gasteiger charge is 2.32. The zero-order valence-electron chi connectivity index (χ0n) is 24.4. The average molecular weight is 613 g/mol. The van der Waals surface area contributed by atoms with E-state index in [0.717, 1.165) is 61.0 Å². The highest BCUT2D eigenvalue weighted by Crippen LogP contribution is 2.45. The van der Waals surface area contributed by atoms with Crippen molar-refractivity contribution in [2.75, 3.05) is 0 Å². The number of aromatic nitrogens is 2. The summed E-state index contributed by atoms with van der Waals surface area (Å²) < 4.78 is 33.2. The lowest BCUT2D eigenvalue weighted by Crippen LogP contribution is -1.97. The Bertz CT molecular complexity index is 2590. The molecule has 0 atom stereocenters. The third-order valence-corrected chi connectivity index (χ3v) is 10.5. The summed E-state index contributed by atoms with van der Waals surface area (Å²) in [6, 6.07) is 47.2. The van der Waals surface area contributed by atoms with Crippen LogP contribution in [-0.4, -0.2) is 18.4 Å². The Labute approximate surface area is 265 Å². The number of sulfone groups is 1. The smallest absolute Gasteiger partial charge is 0.207 e. The van der Waals surface area contributed by atoms with Gasteiger partial charge in [0.05, 0.1) is 9.79 Å². The first-order chi connectivity index (χ1) is 22.5. The lowest BCUT2D eigenvalue weighted by atomic mass is 9.99. The summed E-state index contributed by atoms with van der Waals surface area (Å²) in [6.07, 6.45) is 0. The van der Waals surface area contributed by atoms with Gasteiger partial charge in [0.15, 0.2) is 11.4 Å². The second-order valence-corrected chi connectivity index (χ2v) is 13.3.